The molecule has 0 aliphatic heterocycles. The molecule has 1 aliphatic carbocycles. The van der Waals surface area contributed by atoms with E-state index in [1.165, 1.54) is 12.1 Å². The second-order valence-corrected chi connectivity index (χ2v) is 6.18. The minimum absolute atomic E-state index is 0.0835. The third-order valence-corrected chi connectivity index (χ3v) is 4.47. The Bertz CT molecular complexity index is 455. The van der Waals surface area contributed by atoms with E-state index in [0.717, 1.165) is 25.8 Å². The van der Waals surface area contributed by atoms with Gasteiger partial charge in [0.25, 0.3) is 0 Å². The molecule has 1 N–H and O–H groups in total. The number of hydrogen-bond acceptors (Lipinski definition) is 2. The van der Waals surface area contributed by atoms with Crippen LogP contribution in [0.2, 0.25) is 0 Å². The first-order valence-electron chi connectivity index (χ1n) is 7.86. The summed E-state index contributed by atoms with van der Waals surface area (Å²) in [5, 5.41) is 3.06. The predicted molar refractivity (Wildman–Crippen MR) is 80.3 cm³/mol. The molecule has 1 saturated carbocycles. The zero-order chi connectivity index (χ0) is 15.4. The summed E-state index contributed by atoms with van der Waals surface area (Å²) in [6.07, 6.45) is 2.69. The van der Waals surface area contributed by atoms with Crippen LogP contribution in [0.4, 0.5) is 8.78 Å². The molecule has 1 aromatic carbocycles. The quantitative estimate of drug-likeness (QED) is 0.876. The molecule has 1 fully saturated rings. The van der Waals surface area contributed by atoms with Crippen molar-refractivity contribution in [2.45, 2.75) is 52.7 Å². The van der Waals surface area contributed by atoms with Crippen molar-refractivity contribution in [1.29, 1.82) is 0 Å². The lowest BCUT2D eigenvalue weighted by Crippen LogP contribution is -2.29. The van der Waals surface area contributed by atoms with Crippen LogP contribution in [0.3, 0.4) is 0 Å². The van der Waals surface area contributed by atoms with Gasteiger partial charge >= 0.3 is 0 Å². The molecule has 2 nitrogen and oxygen atoms in total. The summed E-state index contributed by atoms with van der Waals surface area (Å²) in [5.74, 6) is -0.240. The van der Waals surface area contributed by atoms with Crippen molar-refractivity contribution in [3.05, 3.63) is 29.3 Å². The largest absolute Gasteiger partial charge is 0.484 e. The molecule has 21 heavy (non-hydrogen) atoms. The molecule has 3 unspecified atom stereocenters. The van der Waals surface area contributed by atoms with Gasteiger partial charge in [0.05, 0.1) is 6.10 Å². The summed E-state index contributed by atoms with van der Waals surface area (Å²) in [5.41, 5.74) is 0.602. The van der Waals surface area contributed by atoms with Gasteiger partial charge in [-0.3, -0.25) is 0 Å². The van der Waals surface area contributed by atoms with Crippen LogP contribution in [-0.2, 0) is 6.54 Å². The summed E-state index contributed by atoms with van der Waals surface area (Å²) >= 11 is 0. The number of ether oxygens (including phenoxy) is 1. The first-order valence-corrected chi connectivity index (χ1v) is 7.86. The Kier molecular flexibility index (Phi) is 5.57. The number of halogens is 2. The summed E-state index contributed by atoms with van der Waals surface area (Å²) in [6.45, 7) is 7.57. The number of rotatable bonds is 5. The molecule has 4 heteroatoms. The fraction of sp³-hybridized carbons (Fsp3) is 0.647. The van der Waals surface area contributed by atoms with E-state index in [2.05, 4.69) is 19.2 Å². The fourth-order valence-electron chi connectivity index (χ4n) is 2.87. The van der Waals surface area contributed by atoms with E-state index < -0.39 is 11.6 Å². The lowest BCUT2D eigenvalue weighted by atomic mass is 9.80. The molecular formula is C17H25F2NO. The van der Waals surface area contributed by atoms with E-state index >= 15 is 0 Å². The first kappa shape index (κ1) is 16.2. The Morgan fingerprint density at radius 3 is 2.38 bits per heavy atom. The van der Waals surface area contributed by atoms with Crippen molar-refractivity contribution in [1.82, 2.24) is 5.32 Å². The van der Waals surface area contributed by atoms with E-state index in [0.29, 0.717) is 23.9 Å². The van der Waals surface area contributed by atoms with Gasteiger partial charge in [0.1, 0.15) is 0 Å². The second-order valence-electron chi connectivity index (χ2n) is 6.18. The van der Waals surface area contributed by atoms with Gasteiger partial charge in [-0.15, -0.1) is 0 Å². The van der Waals surface area contributed by atoms with Gasteiger partial charge < -0.3 is 10.1 Å². The maximum absolute atomic E-state index is 14.1. The molecular weight excluding hydrogens is 272 g/mol. The van der Waals surface area contributed by atoms with Crippen LogP contribution < -0.4 is 10.1 Å². The van der Waals surface area contributed by atoms with Crippen LogP contribution in [0.25, 0.3) is 0 Å². The standard InChI is InChI=1S/C17H25F2NO/c1-4-20-10-13-8-15(18)17(16(19)9-13)21-14-6-5-11(2)12(3)7-14/h8-9,11-12,14,20H,4-7,10H2,1-3H3. The molecule has 0 spiro atoms. The molecule has 118 valence electrons. The van der Waals surface area contributed by atoms with E-state index in [1.807, 2.05) is 6.92 Å². The van der Waals surface area contributed by atoms with E-state index in [-0.39, 0.29) is 11.9 Å². The Balaban J connectivity index is 2.06. The number of hydrogen-bond donors (Lipinski definition) is 1. The van der Waals surface area contributed by atoms with E-state index in [4.69, 9.17) is 4.74 Å². The molecule has 1 aromatic rings. The van der Waals surface area contributed by atoms with Gasteiger partial charge in [-0.25, -0.2) is 8.78 Å². The average molecular weight is 297 g/mol. The molecule has 0 saturated heterocycles. The summed E-state index contributed by atoms with van der Waals surface area (Å²) in [7, 11) is 0. The molecule has 0 amide bonds. The van der Waals surface area contributed by atoms with E-state index in [9.17, 15) is 8.78 Å². The summed E-state index contributed by atoms with van der Waals surface area (Å²) < 4.78 is 33.8. The van der Waals surface area contributed by atoms with Crippen LogP contribution in [0.15, 0.2) is 12.1 Å². The topological polar surface area (TPSA) is 21.3 Å². The maximum Gasteiger partial charge on any atom is 0.191 e. The second kappa shape index (κ2) is 7.21. The molecule has 0 radical (unpaired) electrons. The zero-order valence-corrected chi connectivity index (χ0v) is 13.1. The van der Waals surface area contributed by atoms with Gasteiger partial charge in [-0.05, 0) is 55.3 Å². The van der Waals surface area contributed by atoms with Gasteiger partial charge in [-0.2, -0.15) is 0 Å². The Hall–Kier alpha value is -1.16. The highest BCUT2D eigenvalue weighted by Gasteiger charge is 2.27. The zero-order valence-electron chi connectivity index (χ0n) is 13.1. The van der Waals surface area contributed by atoms with Crippen molar-refractivity contribution in [3.8, 4) is 5.75 Å². The maximum atomic E-state index is 14.1. The SMILES string of the molecule is CCNCc1cc(F)c(OC2CCC(C)C(C)C2)c(F)c1. The van der Waals surface area contributed by atoms with Gasteiger partial charge in [-0.1, -0.05) is 20.8 Å². The Morgan fingerprint density at radius 1 is 1.14 bits per heavy atom. The average Bonchev–Trinajstić information content (AvgIpc) is 2.44. The van der Waals surface area contributed by atoms with Gasteiger partial charge in [0.15, 0.2) is 17.4 Å². The van der Waals surface area contributed by atoms with Gasteiger partial charge in [0.2, 0.25) is 0 Å². The Morgan fingerprint density at radius 2 is 1.81 bits per heavy atom. The number of benzene rings is 1. The summed E-state index contributed by atoms with van der Waals surface area (Å²) in [6, 6.07) is 2.71. The van der Waals surface area contributed by atoms with E-state index in [1.54, 1.807) is 0 Å². The third kappa shape index (κ3) is 4.16. The monoisotopic (exact) mass is 297 g/mol. The van der Waals surface area contributed by atoms with Gasteiger partial charge in [0, 0.05) is 6.54 Å². The minimum atomic E-state index is -0.603. The van der Waals surface area contributed by atoms with Crippen molar-refractivity contribution >= 4 is 0 Å². The lowest BCUT2D eigenvalue weighted by Gasteiger charge is -2.32. The fourth-order valence-corrected chi connectivity index (χ4v) is 2.87. The lowest BCUT2D eigenvalue weighted by molar-refractivity contribution is 0.0926. The van der Waals surface area contributed by atoms with Crippen LogP contribution >= 0.6 is 0 Å². The van der Waals surface area contributed by atoms with Crippen LogP contribution in [0.5, 0.6) is 5.75 Å². The normalized spacial score (nSPS) is 25.9. The summed E-state index contributed by atoms with van der Waals surface area (Å²) in [4.78, 5) is 0. The first-order chi connectivity index (χ1) is 10.0. The van der Waals surface area contributed by atoms with Crippen LogP contribution in [0, 0.1) is 23.5 Å². The molecule has 1 aliphatic rings. The minimum Gasteiger partial charge on any atom is -0.484 e. The number of nitrogens with one attached hydrogen (secondary N) is 1. The predicted octanol–water partition coefficient (Wildman–Crippen LogP) is 4.28. The van der Waals surface area contributed by atoms with Crippen molar-refractivity contribution in [2.24, 2.45) is 11.8 Å². The van der Waals surface area contributed by atoms with Crippen molar-refractivity contribution in [2.75, 3.05) is 6.54 Å². The molecule has 3 atom stereocenters. The van der Waals surface area contributed by atoms with Crippen molar-refractivity contribution < 1.29 is 13.5 Å². The molecule has 0 heterocycles. The molecule has 0 bridgehead atoms. The smallest absolute Gasteiger partial charge is 0.191 e. The van der Waals surface area contributed by atoms with Crippen molar-refractivity contribution in [3.63, 3.8) is 0 Å². The Labute approximate surface area is 125 Å². The highest BCUT2D eigenvalue weighted by atomic mass is 19.1. The highest BCUT2D eigenvalue weighted by molar-refractivity contribution is 5.31. The van der Waals surface area contributed by atoms with Crippen LogP contribution in [0.1, 0.15) is 45.6 Å². The third-order valence-electron chi connectivity index (χ3n) is 4.47. The molecule has 0 aromatic heterocycles. The van der Waals surface area contributed by atoms with Crippen LogP contribution in [-0.4, -0.2) is 12.6 Å². The molecule has 2 rings (SSSR count). The highest BCUT2D eigenvalue weighted by Crippen LogP contribution is 2.33.